The third kappa shape index (κ3) is 3.95. The molecule has 1 fully saturated rings. The predicted octanol–water partition coefficient (Wildman–Crippen LogP) is 2.98. The number of methoxy groups -OCH3 is 1. The number of carbonyl (C=O) groups is 2. The summed E-state index contributed by atoms with van der Waals surface area (Å²) in [6.07, 6.45) is 2.11. The molecular weight excluding hydrogens is 320 g/mol. The number of benzene rings is 1. The van der Waals surface area contributed by atoms with Crippen molar-refractivity contribution in [2.45, 2.75) is 26.2 Å². The molecule has 0 atom stereocenters. The molecule has 3 rings (SSSR count). The number of fused-ring (bicyclic) bond motifs is 1. The zero-order chi connectivity index (χ0) is 17.8. The van der Waals surface area contributed by atoms with Crippen LogP contribution in [0.4, 0.5) is 0 Å². The lowest BCUT2D eigenvalue weighted by Crippen LogP contribution is -2.39. The van der Waals surface area contributed by atoms with Crippen molar-refractivity contribution >= 4 is 22.8 Å². The van der Waals surface area contributed by atoms with Crippen molar-refractivity contribution in [3.8, 4) is 5.75 Å². The van der Waals surface area contributed by atoms with Gasteiger partial charge in [-0.15, -0.1) is 0 Å². The van der Waals surface area contributed by atoms with Crippen molar-refractivity contribution in [3.63, 3.8) is 0 Å². The average Bonchev–Trinajstić information content (AvgIpc) is 3.05. The minimum atomic E-state index is -0.142. The van der Waals surface area contributed by atoms with Crippen molar-refractivity contribution in [1.82, 2.24) is 9.88 Å². The first kappa shape index (κ1) is 17.3. The second-order valence-corrected chi connectivity index (χ2v) is 6.38. The third-order valence-corrected chi connectivity index (χ3v) is 4.72. The number of aromatic nitrogens is 1. The first-order valence-corrected chi connectivity index (χ1v) is 8.72. The number of nitrogens with one attached hydrogen (secondary N) is 1. The maximum absolute atomic E-state index is 12.7. The SMILES string of the molecule is CCOC(=O)CC1CCN(C(=O)c2cc3cc(OC)ccc3[nH]2)CC1. The van der Waals surface area contributed by atoms with Gasteiger partial charge in [0.25, 0.3) is 5.91 Å². The fourth-order valence-electron chi connectivity index (χ4n) is 3.32. The number of likely N-dealkylation sites (tertiary alicyclic amines) is 1. The Morgan fingerprint density at radius 3 is 2.68 bits per heavy atom. The van der Waals surface area contributed by atoms with E-state index in [0.29, 0.717) is 37.7 Å². The maximum Gasteiger partial charge on any atom is 0.306 e. The minimum absolute atomic E-state index is 0.00440. The Balaban J connectivity index is 1.61. The highest BCUT2D eigenvalue weighted by molar-refractivity contribution is 5.98. The maximum atomic E-state index is 12.7. The molecule has 25 heavy (non-hydrogen) atoms. The number of carbonyl (C=O) groups excluding carboxylic acids is 2. The van der Waals surface area contributed by atoms with Gasteiger partial charge in [0.1, 0.15) is 11.4 Å². The minimum Gasteiger partial charge on any atom is -0.497 e. The molecule has 0 saturated carbocycles. The average molecular weight is 344 g/mol. The van der Waals surface area contributed by atoms with E-state index in [2.05, 4.69) is 4.98 Å². The van der Waals surface area contributed by atoms with Crippen molar-refractivity contribution in [3.05, 3.63) is 30.0 Å². The fraction of sp³-hybridized carbons (Fsp3) is 0.474. The van der Waals surface area contributed by atoms with E-state index in [9.17, 15) is 9.59 Å². The molecule has 1 saturated heterocycles. The molecule has 2 aromatic rings. The van der Waals surface area contributed by atoms with Crippen LogP contribution < -0.4 is 4.74 Å². The molecule has 1 N–H and O–H groups in total. The van der Waals surface area contributed by atoms with Gasteiger partial charge in [-0.1, -0.05) is 0 Å². The number of ether oxygens (including phenoxy) is 2. The van der Waals surface area contributed by atoms with Gasteiger partial charge >= 0.3 is 5.97 Å². The molecule has 0 spiro atoms. The highest BCUT2D eigenvalue weighted by Crippen LogP contribution is 2.25. The van der Waals surface area contributed by atoms with Crippen LogP contribution >= 0.6 is 0 Å². The van der Waals surface area contributed by atoms with Crippen LogP contribution in [0.2, 0.25) is 0 Å². The molecule has 1 aliphatic rings. The number of hydrogen-bond donors (Lipinski definition) is 1. The van der Waals surface area contributed by atoms with E-state index < -0.39 is 0 Å². The second-order valence-electron chi connectivity index (χ2n) is 6.38. The quantitative estimate of drug-likeness (QED) is 0.847. The van der Waals surface area contributed by atoms with Gasteiger partial charge in [0.2, 0.25) is 0 Å². The highest BCUT2D eigenvalue weighted by atomic mass is 16.5. The van der Waals surface area contributed by atoms with Crippen LogP contribution in [0.15, 0.2) is 24.3 Å². The van der Waals surface area contributed by atoms with E-state index in [1.165, 1.54) is 0 Å². The highest BCUT2D eigenvalue weighted by Gasteiger charge is 2.26. The van der Waals surface area contributed by atoms with Gasteiger partial charge in [-0.3, -0.25) is 9.59 Å². The van der Waals surface area contributed by atoms with Gasteiger partial charge in [0.15, 0.2) is 0 Å². The number of nitrogens with zero attached hydrogens (tertiary/aromatic N) is 1. The lowest BCUT2D eigenvalue weighted by Gasteiger charge is -2.31. The van der Waals surface area contributed by atoms with Crippen LogP contribution in [-0.4, -0.2) is 48.6 Å². The predicted molar refractivity (Wildman–Crippen MR) is 94.7 cm³/mol. The Labute approximate surface area is 147 Å². The number of hydrogen-bond acceptors (Lipinski definition) is 4. The summed E-state index contributed by atoms with van der Waals surface area (Å²) in [7, 11) is 1.63. The van der Waals surface area contributed by atoms with Crippen LogP contribution in [-0.2, 0) is 9.53 Å². The summed E-state index contributed by atoms with van der Waals surface area (Å²) in [6, 6.07) is 7.56. The Hall–Kier alpha value is -2.50. The summed E-state index contributed by atoms with van der Waals surface area (Å²) in [6.45, 7) is 3.57. The van der Waals surface area contributed by atoms with E-state index >= 15 is 0 Å². The molecule has 0 radical (unpaired) electrons. The molecule has 0 unspecified atom stereocenters. The lowest BCUT2D eigenvalue weighted by atomic mass is 9.93. The van der Waals surface area contributed by atoms with Gasteiger partial charge in [0.05, 0.1) is 13.7 Å². The summed E-state index contributed by atoms with van der Waals surface area (Å²) < 4.78 is 10.2. The number of H-pyrrole nitrogens is 1. The Kier molecular flexibility index (Phi) is 5.26. The van der Waals surface area contributed by atoms with E-state index in [4.69, 9.17) is 9.47 Å². The molecule has 0 aliphatic carbocycles. The standard InChI is InChI=1S/C19H24N2O4/c1-3-25-18(22)10-13-6-8-21(9-7-13)19(23)17-12-14-11-15(24-2)4-5-16(14)20-17/h4-5,11-13,20H,3,6-10H2,1-2H3. The van der Waals surface area contributed by atoms with Crippen LogP contribution in [0.25, 0.3) is 10.9 Å². The molecule has 6 nitrogen and oxygen atoms in total. The van der Waals surface area contributed by atoms with Crippen molar-refractivity contribution < 1.29 is 19.1 Å². The van der Waals surface area contributed by atoms with E-state index in [1.54, 1.807) is 7.11 Å². The number of rotatable bonds is 5. The molecular formula is C19H24N2O4. The van der Waals surface area contributed by atoms with Crippen molar-refractivity contribution in [1.29, 1.82) is 0 Å². The molecule has 1 aromatic heterocycles. The summed E-state index contributed by atoms with van der Waals surface area (Å²) in [5.41, 5.74) is 1.51. The van der Waals surface area contributed by atoms with E-state index in [-0.39, 0.29) is 11.9 Å². The van der Waals surface area contributed by atoms with Crippen molar-refractivity contribution in [2.75, 3.05) is 26.8 Å². The monoisotopic (exact) mass is 344 g/mol. The van der Waals surface area contributed by atoms with Gasteiger partial charge in [-0.2, -0.15) is 0 Å². The van der Waals surface area contributed by atoms with Crippen LogP contribution in [0.1, 0.15) is 36.7 Å². The topological polar surface area (TPSA) is 71.6 Å². The zero-order valence-corrected chi connectivity index (χ0v) is 14.7. The van der Waals surface area contributed by atoms with Crippen LogP contribution in [0.5, 0.6) is 5.75 Å². The van der Waals surface area contributed by atoms with Crippen LogP contribution in [0, 0.1) is 5.92 Å². The molecule has 1 aliphatic heterocycles. The molecule has 134 valence electrons. The Bertz CT molecular complexity index is 760. The summed E-state index contributed by atoms with van der Waals surface area (Å²) in [5, 5.41) is 0.958. The molecule has 1 aromatic carbocycles. The van der Waals surface area contributed by atoms with Gasteiger partial charge in [-0.25, -0.2) is 0 Å². The Morgan fingerprint density at radius 2 is 2.00 bits per heavy atom. The molecule has 6 heteroatoms. The first-order valence-electron chi connectivity index (χ1n) is 8.72. The fourth-order valence-corrected chi connectivity index (χ4v) is 3.32. The molecule has 1 amide bonds. The number of piperidine rings is 1. The second kappa shape index (κ2) is 7.59. The molecule has 0 bridgehead atoms. The number of aromatic amines is 1. The van der Waals surface area contributed by atoms with Crippen molar-refractivity contribution in [2.24, 2.45) is 5.92 Å². The molecule has 2 heterocycles. The Morgan fingerprint density at radius 1 is 1.24 bits per heavy atom. The third-order valence-electron chi connectivity index (χ3n) is 4.72. The normalized spacial score (nSPS) is 15.4. The lowest BCUT2D eigenvalue weighted by molar-refractivity contribution is -0.144. The van der Waals surface area contributed by atoms with Gasteiger partial charge < -0.3 is 19.4 Å². The van der Waals surface area contributed by atoms with E-state index in [0.717, 1.165) is 29.5 Å². The first-order chi connectivity index (χ1) is 12.1. The summed E-state index contributed by atoms with van der Waals surface area (Å²) in [5.74, 6) is 0.932. The van der Waals surface area contributed by atoms with Gasteiger partial charge in [0, 0.05) is 30.4 Å². The number of amides is 1. The largest absolute Gasteiger partial charge is 0.497 e. The van der Waals surface area contributed by atoms with Crippen LogP contribution in [0.3, 0.4) is 0 Å². The number of esters is 1. The zero-order valence-electron chi connectivity index (χ0n) is 14.7. The summed E-state index contributed by atoms with van der Waals surface area (Å²) >= 11 is 0. The summed E-state index contributed by atoms with van der Waals surface area (Å²) in [4.78, 5) is 29.3. The smallest absolute Gasteiger partial charge is 0.306 e. The van der Waals surface area contributed by atoms with E-state index in [1.807, 2.05) is 36.1 Å². The van der Waals surface area contributed by atoms with Gasteiger partial charge in [-0.05, 0) is 49.9 Å².